The van der Waals surface area contributed by atoms with E-state index in [1.807, 2.05) is 19.1 Å². The summed E-state index contributed by atoms with van der Waals surface area (Å²) in [6, 6.07) is 5.34. The summed E-state index contributed by atoms with van der Waals surface area (Å²) in [5.74, 6) is 1.14. The van der Waals surface area contributed by atoms with Crippen LogP contribution in [0.2, 0.25) is 0 Å². The van der Waals surface area contributed by atoms with Crippen molar-refractivity contribution in [3.8, 4) is 11.5 Å². The van der Waals surface area contributed by atoms with Crippen LogP contribution in [0.4, 0.5) is 0 Å². The molecular formula is C16H21N3O3S. The number of hydrogen-bond acceptors (Lipinski definition) is 6. The summed E-state index contributed by atoms with van der Waals surface area (Å²) in [4.78, 5) is 16.5. The molecule has 0 fully saturated rings. The van der Waals surface area contributed by atoms with Crippen molar-refractivity contribution < 1.29 is 14.3 Å². The molecule has 23 heavy (non-hydrogen) atoms. The van der Waals surface area contributed by atoms with E-state index < -0.39 is 0 Å². The van der Waals surface area contributed by atoms with Gasteiger partial charge in [-0.05, 0) is 18.6 Å². The number of aromatic nitrogens is 1. The maximum absolute atomic E-state index is 12.2. The fourth-order valence-electron chi connectivity index (χ4n) is 2.00. The maximum Gasteiger partial charge on any atom is 0.271 e. The number of amides is 1. The molecule has 1 atom stereocenters. The molecule has 0 aliphatic carbocycles. The van der Waals surface area contributed by atoms with Gasteiger partial charge in [0.05, 0.1) is 20.3 Å². The fourth-order valence-corrected chi connectivity index (χ4v) is 2.89. The summed E-state index contributed by atoms with van der Waals surface area (Å²) in [6.07, 6.45) is 0.789. The van der Waals surface area contributed by atoms with Crippen LogP contribution in [0.3, 0.4) is 0 Å². The van der Waals surface area contributed by atoms with Crippen LogP contribution < -0.4 is 20.5 Å². The van der Waals surface area contributed by atoms with Gasteiger partial charge in [0.1, 0.15) is 22.2 Å². The van der Waals surface area contributed by atoms with E-state index in [1.165, 1.54) is 11.3 Å². The molecule has 0 saturated carbocycles. The second-order valence-electron chi connectivity index (χ2n) is 4.95. The zero-order chi connectivity index (χ0) is 16.8. The molecule has 6 nitrogen and oxygen atoms in total. The van der Waals surface area contributed by atoms with E-state index in [-0.39, 0.29) is 11.9 Å². The molecule has 0 aliphatic heterocycles. The molecule has 0 spiro atoms. The third-order valence-electron chi connectivity index (χ3n) is 3.45. The van der Waals surface area contributed by atoms with Gasteiger partial charge in [0.2, 0.25) is 0 Å². The van der Waals surface area contributed by atoms with Crippen LogP contribution in [-0.4, -0.2) is 25.1 Å². The monoisotopic (exact) mass is 335 g/mol. The lowest BCUT2D eigenvalue weighted by Crippen LogP contribution is -2.23. The van der Waals surface area contributed by atoms with Crippen molar-refractivity contribution >= 4 is 17.2 Å². The molecule has 1 aromatic heterocycles. The summed E-state index contributed by atoms with van der Waals surface area (Å²) in [5, 5.41) is 5.35. The summed E-state index contributed by atoms with van der Waals surface area (Å²) in [5.41, 5.74) is 7.18. The van der Waals surface area contributed by atoms with E-state index in [1.54, 1.807) is 25.7 Å². The molecule has 1 unspecified atom stereocenters. The van der Waals surface area contributed by atoms with Crippen molar-refractivity contribution in [1.29, 1.82) is 0 Å². The van der Waals surface area contributed by atoms with Crippen LogP contribution in [0.25, 0.3) is 0 Å². The highest BCUT2D eigenvalue weighted by Gasteiger charge is 2.14. The molecule has 0 saturated heterocycles. The zero-order valence-electron chi connectivity index (χ0n) is 13.5. The minimum absolute atomic E-state index is 0.122. The lowest BCUT2D eigenvalue weighted by Gasteiger charge is -2.11. The lowest BCUT2D eigenvalue weighted by molar-refractivity contribution is 0.0946. The van der Waals surface area contributed by atoms with Gasteiger partial charge in [0.15, 0.2) is 0 Å². The van der Waals surface area contributed by atoms with Crippen molar-refractivity contribution in [3.63, 3.8) is 0 Å². The summed E-state index contributed by atoms with van der Waals surface area (Å²) >= 11 is 1.41. The molecule has 124 valence electrons. The maximum atomic E-state index is 12.2. The van der Waals surface area contributed by atoms with Gasteiger partial charge in [-0.25, -0.2) is 4.98 Å². The van der Waals surface area contributed by atoms with Gasteiger partial charge in [0.25, 0.3) is 5.91 Å². The van der Waals surface area contributed by atoms with Crippen LogP contribution in [0, 0.1) is 0 Å². The highest BCUT2D eigenvalue weighted by Crippen LogP contribution is 2.24. The second-order valence-corrected chi connectivity index (χ2v) is 5.84. The van der Waals surface area contributed by atoms with Crippen LogP contribution in [-0.2, 0) is 6.54 Å². The number of benzene rings is 1. The third kappa shape index (κ3) is 4.20. The molecule has 0 radical (unpaired) electrons. The predicted molar refractivity (Wildman–Crippen MR) is 90.0 cm³/mol. The average molecular weight is 335 g/mol. The molecule has 0 aliphatic rings. The molecule has 2 rings (SSSR count). The molecule has 0 bridgehead atoms. The molecule has 1 aromatic carbocycles. The number of nitrogens with one attached hydrogen (secondary N) is 1. The molecule has 3 N–H and O–H groups in total. The van der Waals surface area contributed by atoms with Gasteiger partial charge in [-0.3, -0.25) is 4.79 Å². The zero-order valence-corrected chi connectivity index (χ0v) is 14.3. The van der Waals surface area contributed by atoms with Crippen molar-refractivity contribution in [3.05, 3.63) is 39.8 Å². The Balaban J connectivity index is 2.03. The first-order chi connectivity index (χ1) is 11.1. The smallest absolute Gasteiger partial charge is 0.271 e. The van der Waals surface area contributed by atoms with Gasteiger partial charge in [-0.2, -0.15) is 0 Å². The van der Waals surface area contributed by atoms with Gasteiger partial charge in [-0.15, -0.1) is 11.3 Å². The average Bonchev–Trinajstić information content (AvgIpc) is 3.08. The number of thiazole rings is 1. The van der Waals surface area contributed by atoms with Gasteiger partial charge < -0.3 is 20.5 Å². The highest BCUT2D eigenvalue weighted by molar-refractivity contribution is 7.09. The normalized spacial score (nSPS) is 11.8. The second kappa shape index (κ2) is 7.94. The number of nitrogens with zero attached hydrogens (tertiary/aromatic N) is 1. The highest BCUT2D eigenvalue weighted by atomic mass is 32.1. The topological polar surface area (TPSA) is 86.5 Å². The fraction of sp³-hybridized carbons (Fsp3) is 0.375. The Morgan fingerprint density at radius 2 is 2.17 bits per heavy atom. The first-order valence-electron chi connectivity index (χ1n) is 7.29. The lowest BCUT2D eigenvalue weighted by atomic mass is 10.2. The summed E-state index contributed by atoms with van der Waals surface area (Å²) < 4.78 is 10.5. The Labute approximate surface area is 139 Å². The number of ether oxygens (including phenoxy) is 2. The van der Waals surface area contributed by atoms with Crippen LogP contribution in [0.5, 0.6) is 11.5 Å². The molecule has 1 amide bonds. The molecule has 2 aromatic rings. The first kappa shape index (κ1) is 17.2. The van der Waals surface area contributed by atoms with Crippen molar-refractivity contribution in [2.75, 3.05) is 14.2 Å². The van der Waals surface area contributed by atoms with Crippen LogP contribution in [0.1, 0.15) is 40.4 Å². The van der Waals surface area contributed by atoms with Crippen LogP contribution in [0.15, 0.2) is 23.6 Å². The predicted octanol–water partition coefficient (Wildman–Crippen LogP) is 2.50. The van der Waals surface area contributed by atoms with Crippen molar-refractivity contribution in [2.45, 2.75) is 25.9 Å². The van der Waals surface area contributed by atoms with Gasteiger partial charge >= 0.3 is 0 Å². The minimum Gasteiger partial charge on any atom is -0.497 e. The van der Waals surface area contributed by atoms with E-state index in [0.717, 1.165) is 17.0 Å². The van der Waals surface area contributed by atoms with E-state index in [4.69, 9.17) is 15.2 Å². The molecule has 7 heteroatoms. The Bertz CT molecular complexity index is 672. The van der Waals surface area contributed by atoms with Gasteiger partial charge in [-0.1, -0.05) is 6.92 Å². The van der Waals surface area contributed by atoms with E-state index >= 15 is 0 Å². The Morgan fingerprint density at radius 3 is 2.83 bits per heavy atom. The van der Waals surface area contributed by atoms with E-state index in [9.17, 15) is 4.79 Å². The number of methoxy groups -OCH3 is 2. The van der Waals surface area contributed by atoms with E-state index in [2.05, 4.69) is 10.3 Å². The number of carbonyl (C=O) groups is 1. The Hall–Kier alpha value is -2.12. The summed E-state index contributed by atoms with van der Waals surface area (Å²) in [6.45, 7) is 2.33. The SMILES string of the molecule is CCC(N)c1nc(C(=O)NCc2ccc(OC)cc2OC)cs1. The number of hydrogen-bond donors (Lipinski definition) is 2. The molecular weight excluding hydrogens is 314 g/mol. The number of carbonyl (C=O) groups excluding carboxylic acids is 1. The first-order valence-corrected chi connectivity index (χ1v) is 8.17. The van der Waals surface area contributed by atoms with Crippen LogP contribution >= 0.6 is 11.3 Å². The largest absolute Gasteiger partial charge is 0.497 e. The minimum atomic E-state index is -0.228. The standard InChI is InChI=1S/C16H21N3O3S/c1-4-12(17)16-19-13(9-23-16)15(20)18-8-10-5-6-11(21-2)7-14(10)22-3/h5-7,9,12H,4,8,17H2,1-3H3,(H,18,20). The van der Waals surface area contributed by atoms with Gasteiger partial charge in [0, 0.05) is 23.6 Å². The van der Waals surface area contributed by atoms with Crippen molar-refractivity contribution in [1.82, 2.24) is 10.3 Å². The van der Waals surface area contributed by atoms with Crippen molar-refractivity contribution in [2.24, 2.45) is 5.73 Å². The Kier molecular flexibility index (Phi) is 5.95. The quantitative estimate of drug-likeness (QED) is 0.812. The summed E-state index contributed by atoms with van der Waals surface area (Å²) in [7, 11) is 3.18. The number of rotatable bonds is 7. The Morgan fingerprint density at radius 1 is 1.39 bits per heavy atom. The number of nitrogens with two attached hydrogens (primary N) is 1. The molecule has 1 heterocycles. The van der Waals surface area contributed by atoms with E-state index in [0.29, 0.717) is 23.7 Å². The third-order valence-corrected chi connectivity index (χ3v) is 4.42.